The van der Waals surface area contributed by atoms with Gasteiger partial charge in [-0.3, -0.25) is 9.10 Å². The standard InChI is InChI=1S/C18H20Cl2N2O4S/c1-12(18(23)21-11-13-4-7-15(26-2)8-5-13)22(27(3,24)25)17-10-14(19)6-9-16(17)20/h4-10,12H,11H2,1-3H3,(H,21,23)/t12-/m1/s1. The maximum absolute atomic E-state index is 12.6. The van der Waals surface area contributed by atoms with Gasteiger partial charge in [0.2, 0.25) is 15.9 Å². The molecule has 0 heterocycles. The van der Waals surface area contributed by atoms with Gasteiger partial charge in [0, 0.05) is 11.6 Å². The lowest BCUT2D eigenvalue weighted by molar-refractivity contribution is -0.122. The van der Waals surface area contributed by atoms with Crippen LogP contribution in [0, 0.1) is 0 Å². The molecule has 1 amide bonds. The smallest absolute Gasteiger partial charge is 0.243 e. The Kier molecular flexibility index (Phi) is 6.97. The normalized spacial score (nSPS) is 12.3. The van der Waals surface area contributed by atoms with Crippen molar-refractivity contribution in [3.63, 3.8) is 0 Å². The van der Waals surface area contributed by atoms with Gasteiger partial charge in [-0.15, -0.1) is 0 Å². The Balaban J connectivity index is 2.20. The summed E-state index contributed by atoms with van der Waals surface area (Å²) in [7, 11) is -2.21. The van der Waals surface area contributed by atoms with E-state index in [1.54, 1.807) is 25.3 Å². The number of rotatable bonds is 7. The van der Waals surface area contributed by atoms with Crippen LogP contribution in [0.15, 0.2) is 42.5 Å². The van der Waals surface area contributed by atoms with Gasteiger partial charge < -0.3 is 10.1 Å². The summed E-state index contributed by atoms with van der Waals surface area (Å²) in [5.41, 5.74) is 1.00. The Labute approximate surface area is 169 Å². The molecule has 0 unspecified atom stereocenters. The molecule has 6 nitrogen and oxygen atoms in total. The Bertz CT molecular complexity index is 917. The third-order valence-electron chi connectivity index (χ3n) is 3.86. The molecule has 27 heavy (non-hydrogen) atoms. The molecule has 0 aliphatic carbocycles. The summed E-state index contributed by atoms with van der Waals surface area (Å²) in [6.45, 7) is 1.73. The number of methoxy groups -OCH3 is 1. The van der Waals surface area contributed by atoms with Crippen molar-refractivity contribution < 1.29 is 17.9 Å². The first-order valence-corrected chi connectivity index (χ1v) is 10.6. The molecule has 9 heteroatoms. The van der Waals surface area contributed by atoms with Gasteiger partial charge in [-0.2, -0.15) is 0 Å². The topological polar surface area (TPSA) is 75.7 Å². The van der Waals surface area contributed by atoms with E-state index in [9.17, 15) is 13.2 Å². The number of benzene rings is 2. The second-order valence-corrected chi connectivity index (χ2v) is 8.60. The van der Waals surface area contributed by atoms with E-state index >= 15 is 0 Å². The van der Waals surface area contributed by atoms with Gasteiger partial charge in [-0.1, -0.05) is 35.3 Å². The molecule has 0 fully saturated rings. The van der Waals surface area contributed by atoms with E-state index in [1.165, 1.54) is 19.1 Å². The molecule has 0 aliphatic rings. The van der Waals surface area contributed by atoms with E-state index in [4.69, 9.17) is 27.9 Å². The molecule has 2 aromatic rings. The molecular weight excluding hydrogens is 411 g/mol. The maximum Gasteiger partial charge on any atom is 0.243 e. The zero-order valence-electron chi connectivity index (χ0n) is 15.1. The highest BCUT2D eigenvalue weighted by Gasteiger charge is 2.30. The number of anilines is 1. The number of sulfonamides is 1. The maximum atomic E-state index is 12.6. The van der Waals surface area contributed by atoms with E-state index < -0.39 is 22.0 Å². The number of halogens is 2. The largest absolute Gasteiger partial charge is 0.497 e. The number of amides is 1. The zero-order valence-corrected chi connectivity index (χ0v) is 17.4. The zero-order chi connectivity index (χ0) is 20.2. The number of nitrogens with zero attached hydrogens (tertiary/aromatic N) is 1. The van der Waals surface area contributed by atoms with Gasteiger partial charge in [-0.25, -0.2) is 8.42 Å². The van der Waals surface area contributed by atoms with Crippen LogP contribution in [0.4, 0.5) is 5.69 Å². The van der Waals surface area contributed by atoms with E-state index in [-0.39, 0.29) is 17.3 Å². The minimum atomic E-state index is -3.78. The number of carbonyl (C=O) groups is 1. The molecule has 0 aliphatic heterocycles. The lowest BCUT2D eigenvalue weighted by Gasteiger charge is -2.29. The summed E-state index contributed by atoms with van der Waals surface area (Å²) in [6, 6.07) is 10.6. The van der Waals surface area contributed by atoms with Gasteiger partial charge in [0.1, 0.15) is 11.8 Å². The van der Waals surface area contributed by atoms with Gasteiger partial charge >= 0.3 is 0 Å². The van der Waals surface area contributed by atoms with Crippen LogP contribution in [0.25, 0.3) is 0 Å². The van der Waals surface area contributed by atoms with Crippen LogP contribution >= 0.6 is 23.2 Å². The van der Waals surface area contributed by atoms with Crippen molar-refractivity contribution in [3.8, 4) is 5.75 Å². The summed E-state index contributed by atoms with van der Waals surface area (Å²) in [5, 5.41) is 3.22. The molecule has 0 spiro atoms. The predicted octanol–water partition coefficient (Wildman–Crippen LogP) is 3.47. The molecule has 1 N–H and O–H groups in total. The average Bonchev–Trinajstić information content (AvgIpc) is 2.62. The summed E-state index contributed by atoms with van der Waals surface area (Å²) in [6.07, 6.45) is 1.01. The Morgan fingerprint density at radius 1 is 1.19 bits per heavy atom. The van der Waals surface area contributed by atoms with Crippen LogP contribution < -0.4 is 14.4 Å². The van der Waals surface area contributed by atoms with Crippen molar-refractivity contribution in [2.24, 2.45) is 0 Å². The summed E-state index contributed by atoms with van der Waals surface area (Å²) in [4.78, 5) is 12.6. The molecule has 2 aromatic carbocycles. The van der Waals surface area contributed by atoms with Crippen LogP contribution in [-0.2, 0) is 21.4 Å². The third kappa shape index (κ3) is 5.51. The van der Waals surface area contributed by atoms with E-state index in [0.29, 0.717) is 10.8 Å². The van der Waals surface area contributed by atoms with Crippen molar-refractivity contribution in [2.45, 2.75) is 19.5 Å². The van der Waals surface area contributed by atoms with E-state index in [1.807, 2.05) is 12.1 Å². The number of nitrogens with one attached hydrogen (secondary N) is 1. The first-order valence-electron chi connectivity index (χ1n) is 7.98. The molecule has 0 aromatic heterocycles. The molecular formula is C18H20Cl2N2O4S. The fourth-order valence-electron chi connectivity index (χ4n) is 2.52. The van der Waals surface area contributed by atoms with Gasteiger partial charge in [0.15, 0.2) is 0 Å². The van der Waals surface area contributed by atoms with Crippen LogP contribution in [-0.4, -0.2) is 33.7 Å². The van der Waals surface area contributed by atoms with E-state index in [2.05, 4.69) is 5.32 Å². The van der Waals surface area contributed by atoms with Crippen molar-refractivity contribution in [3.05, 3.63) is 58.1 Å². The van der Waals surface area contributed by atoms with E-state index in [0.717, 1.165) is 16.1 Å². The van der Waals surface area contributed by atoms with Crippen molar-refractivity contribution in [1.29, 1.82) is 0 Å². The highest BCUT2D eigenvalue weighted by Crippen LogP contribution is 2.32. The van der Waals surface area contributed by atoms with Crippen LogP contribution in [0.1, 0.15) is 12.5 Å². The Hall–Kier alpha value is -1.96. The SMILES string of the molecule is COc1ccc(CNC(=O)[C@@H](C)N(c2cc(Cl)ccc2Cl)S(C)(=O)=O)cc1. The highest BCUT2D eigenvalue weighted by molar-refractivity contribution is 7.92. The molecule has 0 radical (unpaired) electrons. The van der Waals surface area contributed by atoms with Crippen molar-refractivity contribution in [1.82, 2.24) is 5.32 Å². The van der Waals surface area contributed by atoms with Gasteiger partial charge in [-0.05, 0) is 42.8 Å². The van der Waals surface area contributed by atoms with Crippen LogP contribution in [0.2, 0.25) is 10.0 Å². The summed E-state index contributed by atoms with van der Waals surface area (Å²) in [5.74, 6) is 0.240. The second-order valence-electron chi connectivity index (χ2n) is 5.90. The van der Waals surface area contributed by atoms with Crippen LogP contribution in [0.5, 0.6) is 5.75 Å². The summed E-state index contributed by atoms with van der Waals surface area (Å²) >= 11 is 12.1. The fraction of sp³-hybridized carbons (Fsp3) is 0.278. The van der Waals surface area contributed by atoms with Crippen molar-refractivity contribution in [2.75, 3.05) is 17.7 Å². The molecule has 1 atom stereocenters. The minimum absolute atomic E-state index is 0.152. The molecule has 0 saturated carbocycles. The second kappa shape index (κ2) is 8.82. The monoisotopic (exact) mass is 430 g/mol. The highest BCUT2D eigenvalue weighted by atomic mass is 35.5. The minimum Gasteiger partial charge on any atom is -0.497 e. The van der Waals surface area contributed by atoms with Crippen molar-refractivity contribution >= 4 is 44.8 Å². The predicted molar refractivity (Wildman–Crippen MR) is 108 cm³/mol. The molecule has 146 valence electrons. The number of carbonyl (C=O) groups excluding carboxylic acids is 1. The number of ether oxygens (including phenoxy) is 1. The quantitative estimate of drug-likeness (QED) is 0.729. The lowest BCUT2D eigenvalue weighted by Crippen LogP contribution is -2.47. The third-order valence-corrected chi connectivity index (χ3v) is 5.64. The Morgan fingerprint density at radius 3 is 2.37 bits per heavy atom. The molecule has 0 saturated heterocycles. The first kappa shape index (κ1) is 21.3. The van der Waals surface area contributed by atoms with Crippen LogP contribution in [0.3, 0.4) is 0 Å². The Morgan fingerprint density at radius 2 is 1.81 bits per heavy atom. The fourth-order valence-corrected chi connectivity index (χ4v) is 4.12. The number of hydrogen-bond acceptors (Lipinski definition) is 4. The molecule has 2 rings (SSSR count). The summed E-state index contributed by atoms with van der Waals surface area (Å²) < 4.78 is 30.7. The number of hydrogen-bond donors (Lipinski definition) is 1. The van der Waals surface area contributed by atoms with Gasteiger partial charge in [0.05, 0.1) is 24.1 Å². The first-order chi connectivity index (χ1) is 12.6. The lowest BCUT2D eigenvalue weighted by atomic mass is 10.2. The average molecular weight is 431 g/mol. The van der Waals surface area contributed by atoms with Gasteiger partial charge in [0.25, 0.3) is 0 Å². The molecule has 0 bridgehead atoms.